The van der Waals surface area contributed by atoms with Gasteiger partial charge in [-0.3, -0.25) is 0 Å². The van der Waals surface area contributed by atoms with Gasteiger partial charge in [-0.15, -0.1) is 5.10 Å². The molecule has 4 nitrogen and oxygen atoms in total. The number of hydrogen-bond acceptors (Lipinski definition) is 3. The minimum atomic E-state index is 0.596. The van der Waals surface area contributed by atoms with Crippen molar-refractivity contribution >= 4 is 27.5 Å². The molecule has 0 unspecified atom stereocenters. The van der Waals surface area contributed by atoms with Crippen LogP contribution < -0.4 is 5.32 Å². The maximum atomic E-state index is 4.18. The number of benzene rings is 3. The summed E-state index contributed by atoms with van der Waals surface area (Å²) in [6.07, 6.45) is 0. The van der Waals surface area contributed by atoms with Crippen LogP contribution in [-0.4, -0.2) is 15.0 Å². The molecular weight excluding hydrogens is 260 g/mol. The van der Waals surface area contributed by atoms with E-state index in [1.807, 2.05) is 28.9 Å². The molecule has 4 heteroatoms. The first-order valence-electron chi connectivity index (χ1n) is 6.91. The molecule has 1 aromatic heterocycles. The summed E-state index contributed by atoms with van der Waals surface area (Å²) in [6.45, 7) is 0.596. The van der Waals surface area contributed by atoms with Gasteiger partial charge >= 0.3 is 0 Å². The summed E-state index contributed by atoms with van der Waals surface area (Å²) < 4.78 is 1.87. The fourth-order valence-electron chi connectivity index (χ4n) is 2.50. The van der Waals surface area contributed by atoms with Crippen LogP contribution in [0.25, 0.3) is 21.8 Å². The predicted octanol–water partition coefficient (Wildman–Crippen LogP) is 3.65. The van der Waals surface area contributed by atoms with Crippen molar-refractivity contribution in [3.05, 3.63) is 66.7 Å². The lowest BCUT2D eigenvalue weighted by Crippen LogP contribution is -2.09. The van der Waals surface area contributed by atoms with Crippen molar-refractivity contribution in [2.45, 2.75) is 6.67 Å². The van der Waals surface area contributed by atoms with Crippen LogP contribution in [0.2, 0.25) is 0 Å². The van der Waals surface area contributed by atoms with Gasteiger partial charge < -0.3 is 5.32 Å². The molecular formula is C17H14N4. The molecule has 4 aromatic rings. The fraction of sp³-hybridized carbons (Fsp3) is 0.0588. The van der Waals surface area contributed by atoms with Crippen molar-refractivity contribution in [2.24, 2.45) is 0 Å². The van der Waals surface area contributed by atoms with Gasteiger partial charge in [-0.1, -0.05) is 47.7 Å². The Hall–Kier alpha value is -2.88. The zero-order valence-electron chi connectivity index (χ0n) is 11.4. The van der Waals surface area contributed by atoms with Gasteiger partial charge in [-0.05, 0) is 35.0 Å². The average Bonchev–Trinajstić information content (AvgIpc) is 2.96. The van der Waals surface area contributed by atoms with Crippen LogP contribution in [0, 0.1) is 0 Å². The van der Waals surface area contributed by atoms with Crippen LogP contribution in [0.3, 0.4) is 0 Å². The zero-order chi connectivity index (χ0) is 14.1. The summed E-state index contributed by atoms with van der Waals surface area (Å²) in [5, 5.41) is 14.2. The van der Waals surface area contributed by atoms with Gasteiger partial charge in [-0.2, -0.15) is 0 Å². The summed E-state index contributed by atoms with van der Waals surface area (Å²) in [5.41, 5.74) is 3.02. The average molecular weight is 274 g/mol. The number of hydrogen-bond donors (Lipinski definition) is 1. The van der Waals surface area contributed by atoms with E-state index in [2.05, 4.69) is 58.1 Å². The van der Waals surface area contributed by atoms with E-state index in [1.54, 1.807) is 0 Å². The largest absolute Gasteiger partial charge is 0.366 e. The Kier molecular flexibility index (Phi) is 2.78. The van der Waals surface area contributed by atoms with Crippen molar-refractivity contribution in [1.82, 2.24) is 15.0 Å². The Morgan fingerprint density at radius 1 is 0.857 bits per heavy atom. The number of aromatic nitrogens is 3. The SMILES string of the molecule is c1ccc2cc(NCn3nnc4ccccc43)ccc2c1. The highest BCUT2D eigenvalue weighted by Gasteiger charge is 2.02. The van der Waals surface area contributed by atoms with Gasteiger partial charge in [0, 0.05) is 5.69 Å². The molecule has 1 N–H and O–H groups in total. The lowest BCUT2D eigenvalue weighted by atomic mass is 10.1. The number of fused-ring (bicyclic) bond motifs is 2. The van der Waals surface area contributed by atoms with E-state index in [1.165, 1.54) is 10.8 Å². The molecule has 102 valence electrons. The Morgan fingerprint density at radius 3 is 2.62 bits per heavy atom. The van der Waals surface area contributed by atoms with Crippen molar-refractivity contribution in [3.63, 3.8) is 0 Å². The summed E-state index contributed by atoms with van der Waals surface area (Å²) in [5.74, 6) is 0. The van der Waals surface area contributed by atoms with Crippen molar-refractivity contribution in [1.29, 1.82) is 0 Å². The van der Waals surface area contributed by atoms with Crippen LogP contribution in [0.15, 0.2) is 66.7 Å². The van der Waals surface area contributed by atoms with Crippen LogP contribution in [0.4, 0.5) is 5.69 Å². The topological polar surface area (TPSA) is 42.7 Å². The number of nitrogens with zero attached hydrogens (tertiary/aromatic N) is 3. The quantitative estimate of drug-likeness (QED) is 0.620. The second kappa shape index (κ2) is 4.90. The molecule has 0 aliphatic carbocycles. The number of para-hydroxylation sites is 1. The normalized spacial score (nSPS) is 11.0. The maximum absolute atomic E-state index is 4.18. The first-order valence-corrected chi connectivity index (χ1v) is 6.91. The number of nitrogens with one attached hydrogen (secondary N) is 1. The Morgan fingerprint density at radius 2 is 1.67 bits per heavy atom. The van der Waals surface area contributed by atoms with Crippen LogP contribution in [-0.2, 0) is 6.67 Å². The summed E-state index contributed by atoms with van der Waals surface area (Å²) in [4.78, 5) is 0. The second-order valence-corrected chi connectivity index (χ2v) is 4.97. The minimum Gasteiger partial charge on any atom is -0.366 e. The molecule has 0 aliphatic heterocycles. The van der Waals surface area contributed by atoms with Gasteiger partial charge in [-0.25, -0.2) is 4.68 Å². The predicted molar refractivity (Wildman–Crippen MR) is 85.1 cm³/mol. The molecule has 3 aromatic carbocycles. The smallest absolute Gasteiger partial charge is 0.113 e. The molecule has 0 spiro atoms. The van der Waals surface area contributed by atoms with Crippen molar-refractivity contribution in [2.75, 3.05) is 5.32 Å². The number of anilines is 1. The molecule has 0 atom stereocenters. The third-order valence-corrected chi connectivity index (χ3v) is 3.60. The summed E-state index contributed by atoms with van der Waals surface area (Å²) in [6, 6.07) is 22.7. The minimum absolute atomic E-state index is 0.596. The van der Waals surface area contributed by atoms with E-state index >= 15 is 0 Å². The van der Waals surface area contributed by atoms with E-state index in [0.717, 1.165) is 16.7 Å². The van der Waals surface area contributed by atoms with E-state index in [4.69, 9.17) is 0 Å². The van der Waals surface area contributed by atoms with Gasteiger partial charge in [0.25, 0.3) is 0 Å². The lowest BCUT2D eigenvalue weighted by Gasteiger charge is -2.08. The molecule has 1 heterocycles. The highest BCUT2D eigenvalue weighted by Crippen LogP contribution is 2.19. The molecule has 0 radical (unpaired) electrons. The standard InChI is InChI=1S/C17H14N4/c1-2-6-14-11-15(10-9-13(14)5-1)18-12-21-17-8-4-3-7-16(17)19-20-21/h1-11,18H,12H2. The zero-order valence-corrected chi connectivity index (χ0v) is 11.4. The Labute approximate surface area is 122 Å². The van der Waals surface area contributed by atoms with Gasteiger partial charge in [0.2, 0.25) is 0 Å². The molecule has 0 aliphatic rings. The first kappa shape index (κ1) is 11.9. The fourth-order valence-corrected chi connectivity index (χ4v) is 2.50. The highest BCUT2D eigenvalue weighted by atomic mass is 15.4. The molecule has 0 amide bonds. The monoisotopic (exact) mass is 274 g/mol. The van der Waals surface area contributed by atoms with E-state index < -0.39 is 0 Å². The van der Waals surface area contributed by atoms with Crippen LogP contribution >= 0.6 is 0 Å². The molecule has 0 bridgehead atoms. The summed E-state index contributed by atoms with van der Waals surface area (Å²) in [7, 11) is 0. The third kappa shape index (κ3) is 2.21. The molecule has 0 saturated carbocycles. The maximum Gasteiger partial charge on any atom is 0.113 e. The number of rotatable bonds is 3. The Balaban J connectivity index is 1.60. The van der Waals surface area contributed by atoms with Crippen molar-refractivity contribution < 1.29 is 0 Å². The van der Waals surface area contributed by atoms with Crippen molar-refractivity contribution in [3.8, 4) is 0 Å². The summed E-state index contributed by atoms with van der Waals surface area (Å²) >= 11 is 0. The lowest BCUT2D eigenvalue weighted by molar-refractivity contribution is 0.655. The third-order valence-electron chi connectivity index (χ3n) is 3.60. The first-order chi connectivity index (χ1) is 10.4. The van der Waals surface area contributed by atoms with Crippen LogP contribution in [0.1, 0.15) is 0 Å². The highest BCUT2D eigenvalue weighted by molar-refractivity contribution is 5.85. The molecule has 0 fully saturated rings. The second-order valence-electron chi connectivity index (χ2n) is 4.97. The van der Waals surface area contributed by atoms with Gasteiger partial charge in [0.15, 0.2) is 0 Å². The van der Waals surface area contributed by atoms with Gasteiger partial charge in [0.1, 0.15) is 12.2 Å². The van der Waals surface area contributed by atoms with Gasteiger partial charge in [0.05, 0.1) is 5.52 Å². The molecule has 4 rings (SSSR count). The van der Waals surface area contributed by atoms with Crippen LogP contribution in [0.5, 0.6) is 0 Å². The molecule has 0 saturated heterocycles. The van der Waals surface area contributed by atoms with E-state index in [9.17, 15) is 0 Å². The van der Waals surface area contributed by atoms with E-state index in [0.29, 0.717) is 6.67 Å². The molecule has 21 heavy (non-hydrogen) atoms. The van der Waals surface area contributed by atoms with E-state index in [-0.39, 0.29) is 0 Å². The Bertz CT molecular complexity index is 911.